The Bertz CT molecular complexity index is 592. The maximum absolute atomic E-state index is 5.89. The van der Waals surface area contributed by atoms with Crippen molar-refractivity contribution in [2.24, 2.45) is 5.92 Å². The van der Waals surface area contributed by atoms with E-state index in [9.17, 15) is 0 Å². The van der Waals surface area contributed by atoms with Crippen molar-refractivity contribution in [3.8, 4) is 5.75 Å². The third-order valence-electron chi connectivity index (χ3n) is 3.18. The Hall–Kier alpha value is -1.55. The second kappa shape index (κ2) is 6.94. The van der Waals surface area contributed by atoms with Crippen LogP contribution in [-0.2, 0) is 0 Å². The Balaban J connectivity index is 2.13. The molecule has 0 aliphatic carbocycles. The van der Waals surface area contributed by atoms with E-state index < -0.39 is 0 Å². The number of nitrogens with zero attached hydrogens (tertiary/aromatic N) is 1. The Morgan fingerprint density at radius 1 is 1.19 bits per heavy atom. The summed E-state index contributed by atoms with van der Waals surface area (Å²) in [6.07, 6.45) is 0. The second-order valence-corrected chi connectivity index (χ2v) is 7.15. The number of thiazole rings is 1. The van der Waals surface area contributed by atoms with Crippen LogP contribution < -0.4 is 10.1 Å². The maximum atomic E-state index is 5.89. The molecule has 0 radical (unpaired) electrons. The lowest BCUT2D eigenvalue weighted by atomic mass is 10.2. The Morgan fingerprint density at radius 2 is 1.90 bits per heavy atom. The van der Waals surface area contributed by atoms with Crippen LogP contribution in [0, 0.1) is 19.8 Å². The summed E-state index contributed by atoms with van der Waals surface area (Å²) in [6, 6.07) is 8.26. The summed E-state index contributed by atoms with van der Waals surface area (Å²) >= 11 is 1.74. The number of anilines is 1. The summed E-state index contributed by atoms with van der Waals surface area (Å²) in [6.45, 7) is 11.3. The smallest absolute Gasteiger partial charge is 0.142 e. The number of aryl methyl sites for hydroxylation is 2. The monoisotopic (exact) mass is 304 g/mol. The largest absolute Gasteiger partial charge is 0.491 e. The van der Waals surface area contributed by atoms with Crippen molar-refractivity contribution >= 4 is 17.0 Å². The molecule has 4 heteroatoms. The molecule has 2 aromatic rings. The zero-order valence-electron chi connectivity index (χ0n) is 13.4. The van der Waals surface area contributed by atoms with Gasteiger partial charge in [0.05, 0.1) is 29.0 Å². The van der Waals surface area contributed by atoms with Crippen LogP contribution in [0.25, 0.3) is 0 Å². The van der Waals surface area contributed by atoms with Crippen LogP contribution in [0.2, 0.25) is 0 Å². The first-order valence-electron chi connectivity index (χ1n) is 7.39. The van der Waals surface area contributed by atoms with Gasteiger partial charge in [0.2, 0.25) is 0 Å². The van der Waals surface area contributed by atoms with Crippen LogP contribution in [-0.4, -0.2) is 11.6 Å². The average Bonchev–Trinajstić information content (AvgIpc) is 2.76. The number of hydrogen-bond acceptors (Lipinski definition) is 4. The minimum Gasteiger partial charge on any atom is -0.491 e. The van der Waals surface area contributed by atoms with E-state index in [0.717, 1.165) is 28.7 Å². The SMILES string of the molecule is Cc1nc(C(C)Nc2ccccc2OCC(C)C)c(C)s1. The van der Waals surface area contributed by atoms with Gasteiger partial charge in [-0.15, -0.1) is 11.3 Å². The number of para-hydroxylation sites is 2. The Kier molecular flexibility index (Phi) is 5.23. The van der Waals surface area contributed by atoms with E-state index >= 15 is 0 Å². The predicted octanol–water partition coefficient (Wildman–Crippen LogP) is 4.97. The van der Waals surface area contributed by atoms with Crippen molar-refractivity contribution in [2.75, 3.05) is 11.9 Å². The molecule has 0 fully saturated rings. The molecule has 0 aliphatic heterocycles. The first-order chi connectivity index (χ1) is 9.97. The van der Waals surface area contributed by atoms with Crippen LogP contribution in [0.15, 0.2) is 24.3 Å². The van der Waals surface area contributed by atoms with Gasteiger partial charge in [-0.1, -0.05) is 26.0 Å². The van der Waals surface area contributed by atoms with Gasteiger partial charge >= 0.3 is 0 Å². The van der Waals surface area contributed by atoms with Crippen molar-refractivity contribution in [3.05, 3.63) is 39.8 Å². The molecule has 3 nitrogen and oxygen atoms in total. The van der Waals surface area contributed by atoms with E-state index in [-0.39, 0.29) is 6.04 Å². The summed E-state index contributed by atoms with van der Waals surface area (Å²) in [5, 5.41) is 4.64. The van der Waals surface area contributed by atoms with Crippen LogP contribution in [0.1, 0.15) is 42.4 Å². The van der Waals surface area contributed by atoms with Crippen molar-refractivity contribution in [3.63, 3.8) is 0 Å². The lowest BCUT2D eigenvalue weighted by Gasteiger charge is -2.18. The molecular weight excluding hydrogens is 280 g/mol. The Labute approximate surface area is 131 Å². The molecule has 0 bridgehead atoms. The summed E-state index contributed by atoms with van der Waals surface area (Å²) < 4.78 is 5.89. The third-order valence-corrected chi connectivity index (χ3v) is 4.08. The number of aromatic nitrogens is 1. The van der Waals surface area contributed by atoms with Crippen molar-refractivity contribution in [1.82, 2.24) is 4.98 Å². The van der Waals surface area contributed by atoms with Crippen LogP contribution in [0.4, 0.5) is 5.69 Å². The normalized spacial score (nSPS) is 12.5. The fourth-order valence-corrected chi connectivity index (χ4v) is 3.13. The summed E-state index contributed by atoms with van der Waals surface area (Å²) in [7, 11) is 0. The summed E-state index contributed by atoms with van der Waals surface area (Å²) in [4.78, 5) is 5.90. The molecule has 1 N–H and O–H groups in total. The molecule has 21 heavy (non-hydrogen) atoms. The highest BCUT2D eigenvalue weighted by atomic mass is 32.1. The van der Waals surface area contributed by atoms with Gasteiger partial charge in [0.1, 0.15) is 5.75 Å². The number of hydrogen-bond donors (Lipinski definition) is 1. The van der Waals surface area contributed by atoms with Crippen LogP contribution in [0.3, 0.4) is 0 Å². The minimum absolute atomic E-state index is 0.166. The molecular formula is C17H24N2OS. The topological polar surface area (TPSA) is 34.2 Å². The minimum atomic E-state index is 0.166. The maximum Gasteiger partial charge on any atom is 0.142 e. The fourth-order valence-electron chi connectivity index (χ4n) is 2.22. The highest BCUT2D eigenvalue weighted by Crippen LogP contribution is 2.30. The van der Waals surface area contributed by atoms with Crippen LogP contribution in [0.5, 0.6) is 5.75 Å². The van der Waals surface area contributed by atoms with E-state index in [2.05, 4.69) is 44.1 Å². The standard InChI is InChI=1S/C17H24N2OS/c1-11(2)10-20-16-9-7-6-8-15(16)18-12(3)17-13(4)21-14(5)19-17/h6-9,11-12,18H,10H2,1-5H3. The zero-order chi connectivity index (χ0) is 15.4. The van der Waals surface area contributed by atoms with Gasteiger partial charge in [-0.2, -0.15) is 0 Å². The van der Waals surface area contributed by atoms with Crippen molar-refractivity contribution in [1.29, 1.82) is 0 Å². The molecule has 1 atom stereocenters. The van der Waals surface area contributed by atoms with Gasteiger partial charge in [0, 0.05) is 4.88 Å². The van der Waals surface area contributed by atoms with Gasteiger partial charge in [0.25, 0.3) is 0 Å². The van der Waals surface area contributed by atoms with Gasteiger partial charge < -0.3 is 10.1 Å². The summed E-state index contributed by atoms with van der Waals surface area (Å²) in [5.41, 5.74) is 2.15. The van der Waals surface area contributed by atoms with E-state index in [4.69, 9.17) is 4.74 Å². The second-order valence-electron chi connectivity index (χ2n) is 5.74. The first-order valence-corrected chi connectivity index (χ1v) is 8.21. The van der Waals surface area contributed by atoms with Crippen molar-refractivity contribution in [2.45, 2.75) is 40.7 Å². The molecule has 1 aromatic carbocycles. The van der Waals surface area contributed by atoms with Gasteiger partial charge in [-0.25, -0.2) is 4.98 Å². The molecule has 0 amide bonds. The fraction of sp³-hybridized carbons (Fsp3) is 0.471. The molecule has 114 valence electrons. The molecule has 2 rings (SSSR count). The van der Waals surface area contributed by atoms with Gasteiger partial charge in [-0.05, 0) is 38.8 Å². The predicted molar refractivity (Wildman–Crippen MR) is 90.4 cm³/mol. The molecule has 0 saturated heterocycles. The van der Waals surface area contributed by atoms with E-state index in [1.165, 1.54) is 4.88 Å². The number of rotatable bonds is 6. The van der Waals surface area contributed by atoms with Crippen LogP contribution >= 0.6 is 11.3 Å². The lowest BCUT2D eigenvalue weighted by molar-refractivity contribution is 0.272. The average molecular weight is 304 g/mol. The third kappa shape index (κ3) is 4.21. The molecule has 0 spiro atoms. The molecule has 1 unspecified atom stereocenters. The first kappa shape index (κ1) is 15.8. The molecule has 0 saturated carbocycles. The van der Waals surface area contributed by atoms with Crippen molar-refractivity contribution < 1.29 is 4.74 Å². The number of nitrogens with one attached hydrogen (secondary N) is 1. The molecule has 1 heterocycles. The molecule has 0 aliphatic rings. The molecule has 1 aromatic heterocycles. The van der Waals surface area contributed by atoms with E-state index in [1.54, 1.807) is 11.3 Å². The van der Waals surface area contributed by atoms with E-state index in [0.29, 0.717) is 5.92 Å². The van der Waals surface area contributed by atoms with Gasteiger partial charge in [0.15, 0.2) is 0 Å². The number of benzene rings is 1. The van der Waals surface area contributed by atoms with Gasteiger partial charge in [-0.3, -0.25) is 0 Å². The lowest BCUT2D eigenvalue weighted by Crippen LogP contribution is -2.11. The van der Waals surface area contributed by atoms with E-state index in [1.807, 2.05) is 25.1 Å². The quantitative estimate of drug-likeness (QED) is 0.818. The summed E-state index contributed by atoms with van der Waals surface area (Å²) in [5.74, 6) is 1.42. The highest BCUT2D eigenvalue weighted by molar-refractivity contribution is 7.11. The zero-order valence-corrected chi connectivity index (χ0v) is 14.3. The Morgan fingerprint density at radius 3 is 2.52 bits per heavy atom. The highest BCUT2D eigenvalue weighted by Gasteiger charge is 2.14. The number of ether oxygens (including phenoxy) is 1.